The molecule has 5 nitrogen and oxygen atoms in total. The second kappa shape index (κ2) is 7.59. The van der Waals surface area contributed by atoms with Gasteiger partial charge >= 0.3 is 0 Å². The van der Waals surface area contributed by atoms with Crippen molar-refractivity contribution in [1.29, 1.82) is 0 Å². The Hall–Kier alpha value is -3.02. The zero-order chi connectivity index (χ0) is 22.4. The summed E-state index contributed by atoms with van der Waals surface area (Å²) in [5.41, 5.74) is 0.111. The molecule has 1 saturated carbocycles. The summed E-state index contributed by atoms with van der Waals surface area (Å²) in [6, 6.07) is 13.8. The number of hydrogen-bond donors (Lipinski definition) is 1. The van der Waals surface area contributed by atoms with Gasteiger partial charge in [-0.1, -0.05) is 51.1 Å². The van der Waals surface area contributed by atoms with E-state index in [-0.39, 0.29) is 24.2 Å². The summed E-state index contributed by atoms with van der Waals surface area (Å²) >= 11 is 0. The molecule has 0 aromatic heterocycles. The van der Waals surface area contributed by atoms with Gasteiger partial charge in [-0.3, -0.25) is 19.3 Å². The van der Waals surface area contributed by atoms with Crippen molar-refractivity contribution in [3.05, 3.63) is 66.0 Å². The van der Waals surface area contributed by atoms with Gasteiger partial charge < -0.3 is 5.32 Å². The van der Waals surface area contributed by atoms with Crippen LogP contribution in [0, 0.1) is 22.6 Å². The molecule has 2 fully saturated rings. The van der Waals surface area contributed by atoms with Crippen molar-refractivity contribution in [2.24, 2.45) is 16.7 Å². The van der Waals surface area contributed by atoms with E-state index < -0.39 is 28.6 Å². The number of likely N-dealkylation sites (tertiary alicyclic amines) is 1. The third-order valence-corrected chi connectivity index (χ3v) is 7.45. The van der Waals surface area contributed by atoms with Gasteiger partial charge in [-0.15, -0.1) is 0 Å². The average molecular weight is 423 g/mol. The highest BCUT2D eigenvalue weighted by atomic mass is 19.1. The van der Waals surface area contributed by atoms with E-state index in [1.54, 1.807) is 0 Å². The third kappa shape index (κ3) is 3.44. The number of piperidine rings is 1. The number of fused-ring (bicyclic) bond motifs is 2. The zero-order valence-electron chi connectivity index (χ0n) is 18.0. The molecule has 3 unspecified atom stereocenters. The first-order valence-corrected chi connectivity index (χ1v) is 10.6. The molecule has 2 aliphatic rings. The fourth-order valence-corrected chi connectivity index (χ4v) is 5.04. The molecule has 3 atom stereocenters. The SMILES string of the molecule is CC12CCC(C(=O)N(C(Cc3ccccc3)C(=O)Nc3ccc(F)cc3)C1=O)C2(C)C. The fourth-order valence-electron chi connectivity index (χ4n) is 5.04. The molecule has 4 rings (SSSR count). The Balaban J connectivity index is 1.70. The summed E-state index contributed by atoms with van der Waals surface area (Å²) < 4.78 is 13.3. The van der Waals surface area contributed by atoms with Gasteiger partial charge in [-0.2, -0.15) is 0 Å². The van der Waals surface area contributed by atoms with Crippen LogP contribution in [0.4, 0.5) is 10.1 Å². The van der Waals surface area contributed by atoms with E-state index in [2.05, 4.69) is 5.32 Å². The lowest BCUT2D eigenvalue weighted by Crippen LogP contribution is -2.64. The smallest absolute Gasteiger partial charge is 0.248 e. The molecular formula is C25H27FN2O3. The van der Waals surface area contributed by atoms with E-state index in [0.29, 0.717) is 18.5 Å². The van der Waals surface area contributed by atoms with Crippen LogP contribution in [0.5, 0.6) is 0 Å². The van der Waals surface area contributed by atoms with Crippen LogP contribution in [0.3, 0.4) is 0 Å². The lowest BCUT2D eigenvalue weighted by Gasteiger charge is -2.49. The Morgan fingerprint density at radius 2 is 1.74 bits per heavy atom. The number of carbonyl (C=O) groups is 3. The summed E-state index contributed by atoms with van der Waals surface area (Å²) in [4.78, 5) is 41.6. The fraction of sp³-hybridized carbons (Fsp3) is 0.400. The number of anilines is 1. The van der Waals surface area contributed by atoms with Crippen LogP contribution in [0.25, 0.3) is 0 Å². The van der Waals surface area contributed by atoms with E-state index in [9.17, 15) is 18.8 Å². The topological polar surface area (TPSA) is 66.5 Å². The van der Waals surface area contributed by atoms with Gasteiger partial charge in [-0.05, 0) is 48.1 Å². The van der Waals surface area contributed by atoms with E-state index in [1.165, 1.54) is 29.2 Å². The first-order valence-electron chi connectivity index (χ1n) is 10.6. The van der Waals surface area contributed by atoms with Crippen LogP contribution >= 0.6 is 0 Å². The molecule has 1 heterocycles. The molecule has 0 radical (unpaired) electrons. The summed E-state index contributed by atoms with van der Waals surface area (Å²) in [5, 5.41) is 2.76. The molecule has 31 heavy (non-hydrogen) atoms. The summed E-state index contributed by atoms with van der Waals surface area (Å²) in [6.45, 7) is 5.86. The first kappa shape index (κ1) is 21.2. The summed E-state index contributed by atoms with van der Waals surface area (Å²) in [5.74, 6) is -1.73. The van der Waals surface area contributed by atoms with Crippen molar-refractivity contribution in [2.45, 2.75) is 46.1 Å². The van der Waals surface area contributed by atoms with Crippen molar-refractivity contribution < 1.29 is 18.8 Å². The first-order chi connectivity index (χ1) is 14.6. The lowest BCUT2D eigenvalue weighted by atomic mass is 9.62. The van der Waals surface area contributed by atoms with Gasteiger partial charge in [0, 0.05) is 18.0 Å². The highest BCUT2D eigenvalue weighted by molar-refractivity contribution is 6.09. The van der Waals surface area contributed by atoms with Gasteiger partial charge in [0.1, 0.15) is 11.9 Å². The Labute approximate surface area is 181 Å². The summed E-state index contributed by atoms with van der Waals surface area (Å²) in [6.07, 6.45) is 1.49. The highest BCUT2D eigenvalue weighted by Crippen LogP contribution is 2.60. The van der Waals surface area contributed by atoms with Crippen LogP contribution < -0.4 is 5.32 Å². The lowest BCUT2D eigenvalue weighted by molar-refractivity contribution is -0.172. The van der Waals surface area contributed by atoms with E-state index in [0.717, 1.165) is 5.56 Å². The number of hydrogen-bond acceptors (Lipinski definition) is 3. The number of imide groups is 1. The van der Waals surface area contributed by atoms with E-state index in [4.69, 9.17) is 0 Å². The van der Waals surface area contributed by atoms with Crippen LogP contribution in [0.2, 0.25) is 0 Å². The number of amides is 3. The van der Waals surface area contributed by atoms with Gasteiger partial charge in [0.2, 0.25) is 17.7 Å². The van der Waals surface area contributed by atoms with Crippen LogP contribution in [-0.4, -0.2) is 28.7 Å². The number of benzene rings is 2. The quantitative estimate of drug-likeness (QED) is 0.735. The summed E-state index contributed by atoms with van der Waals surface area (Å²) in [7, 11) is 0. The molecule has 2 aromatic rings. The Kier molecular flexibility index (Phi) is 5.20. The minimum Gasteiger partial charge on any atom is -0.324 e. The average Bonchev–Trinajstić information content (AvgIpc) is 2.93. The largest absolute Gasteiger partial charge is 0.324 e. The number of nitrogens with zero attached hydrogens (tertiary/aromatic N) is 1. The maximum atomic E-state index is 13.6. The number of rotatable bonds is 5. The van der Waals surface area contributed by atoms with Gasteiger partial charge in [0.05, 0.1) is 5.41 Å². The van der Waals surface area contributed by atoms with Crippen molar-refractivity contribution in [3.8, 4) is 0 Å². The van der Waals surface area contributed by atoms with Gasteiger partial charge in [0.15, 0.2) is 0 Å². The molecule has 2 aromatic carbocycles. The predicted molar refractivity (Wildman–Crippen MR) is 115 cm³/mol. The Morgan fingerprint density at radius 1 is 1.10 bits per heavy atom. The van der Waals surface area contributed by atoms with E-state index >= 15 is 0 Å². The number of nitrogens with one attached hydrogen (secondary N) is 1. The third-order valence-electron chi connectivity index (χ3n) is 7.45. The van der Waals surface area contributed by atoms with Gasteiger partial charge in [0.25, 0.3) is 0 Å². The second-order valence-corrected chi connectivity index (χ2v) is 9.36. The predicted octanol–water partition coefficient (Wildman–Crippen LogP) is 4.19. The molecule has 1 aliphatic carbocycles. The Bertz CT molecular complexity index is 1020. The molecule has 1 aliphatic heterocycles. The molecular weight excluding hydrogens is 395 g/mol. The molecule has 3 amide bonds. The molecule has 1 N–H and O–H groups in total. The normalized spacial score (nSPS) is 25.4. The Morgan fingerprint density at radius 3 is 2.39 bits per heavy atom. The minimum atomic E-state index is -0.983. The van der Waals surface area contributed by atoms with Crippen LogP contribution in [-0.2, 0) is 20.8 Å². The highest BCUT2D eigenvalue weighted by Gasteiger charge is 2.65. The molecule has 6 heteroatoms. The van der Waals surface area contributed by atoms with Crippen molar-refractivity contribution in [2.75, 3.05) is 5.32 Å². The van der Waals surface area contributed by atoms with Crippen molar-refractivity contribution >= 4 is 23.4 Å². The number of carbonyl (C=O) groups excluding carboxylic acids is 3. The second-order valence-electron chi connectivity index (χ2n) is 9.36. The van der Waals surface area contributed by atoms with Crippen LogP contribution in [0.15, 0.2) is 54.6 Å². The molecule has 1 saturated heterocycles. The maximum absolute atomic E-state index is 13.6. The van der Waals surface area contributed by atoms with Crippen molar-refractivity contribution in [3.63, 3.8) is 0 Å². The molecule has 0 spiro atoms. The van der Waals surface area contributed by atoms with Crippen LogP contribution in [0.1, 0.15) is 39.2 Å². The maximum Gasteiger partial charge on any atom is 0.248 e. The molecule has 2 bridgehead atoms. The standard InChI is InChI=1S/C25H27FN2O3/c1-24(2)19-13-14-25(24,3)23(31)28(22(19)30)20(15-16-7-5-4-6-8-16)21(29)27-18-11-9-17(26)10-12-18/h4-12,19-20H,13-15H2,1-3H3,(H,27,29). The monoisotopic (exact) mass is 422 g/mol. The van der Waals surface area contributed by atoms with Gasteiger partial charge in [-0.25, -0.2) is 4.39 Å². The zero-order valence-corrected chi connectivity index (χ0v) is 18.0. The molecule has 162 valence electrons. The van der Waals surface area contributed by atoms with Crippen molar-refractivity contribution in [1.82, 2.24) is 4.90 Å². The van der Waals surface area contributed by atoms with E-state index in [1.807, 2.05) is 51.1 Å². The number of halogens is 1. The minimum absolute atomic E-state index is 0.217.